The first-order valence-corrected chi connectivity index (χ1v) is 8.58. The maximum absolute atomic E-state index is 12.0. The number of nitrogens with two attached hydrogens (primary N) is 1. The van der Waals surface area contributed by atoms with Crippen LogP contribution in [0.3, 0.4) is 0 Å². The molecule has 6 heteroatoms. The minimum atomic E-state index is -3.45. The van der Waals surface area contributed by atoms with Crippen LogP contribution in [0.15, 0.2) is 24.3 Å². The molecule has 0 aliphatic heterocycles. The highest BCUT2D eigenvalue weighted by molar-refractivity contribution is 7.88. The topological polar surface area (TPSA) is 92.4 Å². The summed E-state index contributed by atoms with van der Waals surface area (Å²) in [6, 6.07) is 6.82. The van der Waals surface area contributed by atoms with Gasteiger partial charge in [-0.05, 0) is 30.5 Å². The quantitative estimate of drug-likeness (QED) is 0.716. The second-order valence-electron chi connectivity index (χ2n) is 5.61. The molecule has 1 aromatic rings. The number of sulfonamides is 1. The highest BCUT2D eigenvalue weighted by atomic mass is 32.2. The SMILES string of the molecule is Nc1cccc(CS(=O)(=O)NCC2(O)CCCCC2)c1. The van der Waals surface area contributed by atoms with Crippen molar-refractivity contribution in [2.75, 3.05) is 12.3 Å². The Morgan fingerprint density at radius 1 is 1.25 bits per heavy atom. The van der Waals surface area contributed by atoms with Gasteiger partial charge in [0, 0.05) is 12.2 Å². The fourth-order valence-corrected chi connectivity index (χ4v) is 3.79. The molecule has 1 saturated carbocycles. The summed E-state index contributed by atoms with van der Waals surface area (Å²) in [6.45, 7) is 0.0949. The molecule has 1 fully saturated rings. The number of hydrogen-bond acceptors (Lipinski definition) is 4. The van der Waals surface area contributed by atoms with Crippen molar-refractivity contribution in [2.24, 2.45) is 0 Å². The van der Waals surface area contributed by atoms with Crippen molar-refractivity contribution < 1.29 is 13.5 Å². The van der Waals surface area contributed by atoms with E-state index in [1.807, 2.05) is 0 Å². The number of anilines is 1. The van der Waals surface area contributed by atoms with E-state index in [4.69, 9.17) is 5.73 Å². The van der Waals surface area contributed by atoms with Crippen molar-refractivity contribution in [2.45, 2.75) is 43.5 Å². The normalized spacial score (nSPS) is 18.9. The first kappa shape index (κ1) is 15.3. The van der Waals surface area contributed by atoms with E-state index in [9.17, 15) is 13.5 Å². The fourth-order valence-electron chi connectivity index (χ4n) is 2.58. The van der Waals surface area contributed by atoms with E-state index in [0.717, 1.165) is 19.3 Å². The lowest BCUT2D eigenvalue weighted by atomic mass is 9.85. The van der Waals surface area contributed by atoms with E-state index in [0.29, 0.717) is 24.1 Å². The monoisotopic (exact) mass is 298 g/mol. The lowest BCUT2D eigenvalue weighted by Crippen LogP contribution is -2.44. The molecule has 2 rings (SSSR count). The number of nitrogens with one attached hydrogen (secondary N) is 1. The molecule has 1 aromatic carbocycles. The van der Waals surface area contributed by atoms with Crippen LogP contribution < -0.4 is 10.5 Å². The van der Waals surface area contributed by atoms with E-state index >= 15 is 0 Å². The van der Waals surface area contributed by atoms with Gasteiger partial charge in [-0.3, -0.25) is 0 Å². The molecule has 5 nitrogen and oxygen atoms in total. The van der Waals surface area contributed by atoms with Crippen molar-refractivity contribution >= 4 is 15.7 Å². The molecule has 20 heavy (non-hydrogen) atoms. The van der Waals surface area contributed by atoms with Gasteiger partial charge in [0.25, 0.3) is 0 Å². The Kier molecular flexibility index (Phi) is 4.67. The zero-order chi connectivity index (χ0) is 14.6. The molecule has 0 radical (unpaired) electrons. The van der Waals surface area contributed by atoms with Crippen LogP contribution >= 0.6 is 0 Å². The van der Waals surface area contributed by atoms with Crippen LogP contribution in [0.25, 0.3) is 0 Å². The summed E-state index contributed by atoms with van der Waals surface area (Å²) in [5.41, 5.74) is 5.94. The molecule has 112 valence electrons. The van der Waals surface area contributed by atoms with Crippen LogP contribution in [0.5, 0.6) is 0 Å². The van der Waals surface area contributed by atoms with Gasteiger partial charge in [-0.1, -0.05) is 31.4 Å². The Labute approximate surface area is 120 Å². The maximum Gasteiger partial charge on any atom is 0.215 e. The van der Waals surface area contributed by atoms with Crippen LogP contribution in [0.4, 0.5) is 5.69 Å². The predicted molar refractivity (Wildman–Crippen MR) is 79.5 cm³/mol. The maximum atomic E-state index is 12.0. The standard InChI is InChI=1S/C14H22N2O3S/c15-13-6-4-5-12(9-13)10-20(18,19)16-11-14(17)7-2-1-3-8-14/h4-6,9,16-17H,1-3,7-8,10-11,15H2. The van der Waals surface area contributed by atoms with E-state index < -0.39 is 15.6 Å². The third-order valence-electron chi connectivity index (χ3n) is 3.71. The van der Waals surface area contributed by atoms with Gasteiger partial charge in [0.05, 0.1) is 11.4 Å². The summed E-state index contributed by atoms with van der Waals surface area (Å²) >= 11 is 0. The van der Waals surface area contributed by atoms with E-state index in [2.05, 4.69) is 4.72 Å². The molecule has 1 aliphatic carbocycles. The minimum absolute atomic E-state index is 0.0949. The Morgan fingerprint density at radius 2 is 1.95 bits per heavy atom. The Hall–Kier alpha value is -1.11. The Balaban J connectivity index is 1.94. The molecule has 4 N–H and O–H groups in total. The van der Waals surface area contributed by atoms with Crippen LogP contribution in [-0.4, -0.2) is 25.7 Å². The van der Waals surface area contributed by atoms with Crippen molar-refractivity contribution in [1.82, 2.24) is 4.72 Å². The molecule has 0 amide bonds. The summed E-state index contributed by atoms with van der Waals surface area (Å²) in [5, 5.41) is 10.3. The Bertz CT molecular complexity index is 551. The summed E-state index contributed by atoms with van der Waals surface area (Å²) in [5.74, 6) is -0.117. The second kappa shape index (κ2) is 6.11. The van der Waals surface area contributed by atoms with E-state index in [-0.39, 0.29) is 12.3 Å². The van der Waals surface area contributed by atoms with Gasteiger partial charge >= 0.3 is 0 Å². The van der Waals surface area contributed by atoms with Gasteiger partial charge in [0.1, 0.15) is 0 Å². The van der Waals surface area contributed by atoms with Crippen LogP contribution in [0.2, 0.25) is 0 Å². The molecule has 0 heterocycles. The van der Waals surface area contributed by atoms with Crippen molar-refractivity contribution in [1.29, 1.82) is 0 Å². The van der Waals surface area contributed by atoms with Crippen LogP contribution in [0, 0.1) is 0 Å². The largest absolute Gasteiger partial charge is 0.399 e. The minimum Gasteiger partial charge on any atom is -0.399 e. The van der Waals surface area contributed by atoms with Crippen LogP contribution in [0.1, 0.15) is 37.7 Å². The molecule has 0 bridgehead atoms. The number of aliphatic hydroxyl groups is 1. The third-order valence-corrected chi connectivity index (χ3v) is 5.01. The number of rotatable bonds is 5. The van der Waals surface area contributed by atoms with Crippen molar-refractivity contribution in [3.8, 4) is 0 Å². The summed E-state index contributed by atoms with van der Waals surface area (Å²) < 4.78 is 26.6. The molecule has 0 atom stereocenters. The molecule has 1 aliphatic rings. The van der Waals surface area contributed by atoms with Gasteiger partial charge in [-0.25, -0.2) is 13.1 Å². The van der Waals surface area contributed by atoms with E-state index in [1.165, 1.54) is 0 Å². The number of hydrogen-bond donors (Lipinski definition) is 3. The average molecular weight is 298 g/mol. The average Bonchev–Trinajstić information content (AvgIpc) is 2.37. The molecular weight excluding hydrogens is 276 g/mol. The van der Waals surface area contributed by atoms with E-state index in [1.54, 1.807) is 24.3 Å². The predicted octanol–water partition coefficient (Wildman–Crippen LogP) is 1.38. The zero-order valence-electron chi connectivity index (χ0n) is 11.5. The third kappa shape index (κ3) is 4.47. The lowest BCUT2D eigenvalue weighted by molar-refractivity contribution is 0.00944. The number of benzene rings is 1. The summed E-state index contributed by atoms with van der Waals surface area (Å²) in [6.07, 6.45) is 4.33. The van der Waals surface area contributed by atoms with Gasteiger partial charge in [-0.15, -0.1) is 0 Å². The van der Waals surface area contributed by atoms with Crippen molar-refractivity contribution in [3.63, 3.8) is 0 Å². The number of nitrogen functional groups attached to an aromatic ring is 1. The van der Waals surface area contributed by atoms with Crippen LogP contribution in [-0.2, 0) is 15.8 Å². The fraction of sp³-hybridized carbons (Fsp3) is 0.571. The van der Waals surface area contributed by atoms with Gasteiger partial charge in [-0.2, -0.15) is 0 Å². The highest BCUT2D eigenvalue weighted by Crippen LogP contribution is 2.27. The molecule has 0 spiro atoms. The lowest BCUT2D eigenvalue weighted by Gasteiger charge is -2.32. The van der Waals surface area contributed by atoms with Crippen molar-refractivity contribution in [3.05, 3.63) is 29.8 Å². The molecule has 0 saturated heterocycles. The first-order valence-electron chi connectivity index (χ1n) is 6.93. The van der Waals surface area contributed by atoms with Gasteiger partial charge in [0.15, 0.2) is 0 Å². The van der Waals surface area contributed by atoms with Gasteiger partial charge in [0.2, 0.25) is 10.0 Å². The second-order valence-corrected chi connectivity index (χ2v) is 7.42. The molecular formula is C14H22N2O3S. The highest BCUT2D eigenvalue weighted by Gasteiger charge is 2.30. The summed E-state index contributed by atoms with van der Waals surface area (Å²) in [7, 11) is -3.45. The molecule has 0 aromatic heterocycles. The Morgan fingerprint density at radius 3 is 2.60 bits per heavy atom. The molecule has 0 unspecified atom stereocenters. The smallest absolute Gasteiger partial charge is 0.215 e. The zero-order valence-corrected chi connectivity index (χ0v) is 12.3. The first-order chi connectivity index (χ1) is 9.39. The summed E-state index contributed by atoms with van der Waals surface area (Å²) in [4.78, 5) is 0. The van der Waals surface area contributed by atoms with Gasteiger partial charge < -0.3 is 10.8 Å².